The number of azo groups is 1. The maximum absolute atomic E-state index is 11.7. The molecule has 0 bridgehead atoms. The van der Waals surface area contributed by atoms with E-state index in [2.05, 4.69) is 29.6 Å². The van der Waals surface area contributed by atoms with Crippen LogP contribution in [0.25, 0.3) is 19.4 Å². The van der Waals surface area contributed by atoms with Gasteiger partial charge in [0.05, 0.1) is 46.0 Å². The van der Waals surface area contributed by atoms with Gasteiger partial charge < -0.3 is 0 Å². The summed E-state index contributed by atoms with van der Waals surface area (Å²) in [6.07, 6.45) is 0. The van der Waals surface area contributed by atoms with E-state index in [1.807, 2.05) is 0 Å². The van der Waals surface area contributed by atoms with Crippen LogP contribution in [0.3, 0.4) is 0 Å². The van der Waals surface area contributed by atoms with Crippen LogP contribution in [-0.2, 0) is 0 Å². The molecule has 24 heteroatoms. The molecule has 2 aromatic rings. The van der Waals surface area contributed by atoms with Crippen molar-refractivity contribution >= 4 is 68.2 Å². The highest BCUT2D eigenvalue weighted by atomic mass is 16.6. The Balaban J connectivity index is 3.37. The minimum atomic E-state index is -1.81. The normalized spacial score (nSPS) is 10.0. The zero-order valence-electron chi connectivity index (χ0n) is 18.3. The molecule has 0 heterocycles. The second kappa shape index (κ2) is 10.6. The predicted molar refractivity (Wildman–Crippen MR) is 122 cm³/mol. The fourth-order valence-electron chi connectivity index (χ4n) is 3.10. The summed E-state index contributed by atoms with van der Waals surface area (Å²) in [7, 11) is 0. The molecule has 0 spiro atoms. The molecule has 196 valence electrons. The Bertz CT molecular complexity index is 1580. The first-order chi connectivity index (χ1) is 18.7. The van der Waals surface area contributed by atoms with Crippen LogP contribution in [0.15, 0.2) is 10.2 Å². The smallest absolute Gasteiger partial charge is 0.261 e. The van der Waals surface area contributed by atoms with Gasteiger partial charge in [-0.2, -0.15) is 0 Å². The van der Waals surface area contributed by atoms with Crippen LogP contribution in [0.5, 0.6) is 0 Å². The third-order valence-electron chi connectivity index (χ3n) is 4.48. The number of nitro benzene ring substituents is 6. The van der Waals surface area contributed by atoms with Gasteiger partial charge in [0, 0.05) is 9.85 Å². The summed E-state index contributed by atoms with van der Waals surface area (Å²) in [5.41, 5.74) is -20.3. The Labute approximate surface area is 215 Å². The Kier molecular flexibility index (Phi) is 7.57. The van der Waals surface area contributed by atoms with Crippen LogP contribution < -0.4 is 0 Å². The molecule has 0 radical (unpaired) electrons. The fraction of sp³-hybridized carbons (Fsp3) is 0. The van der Waals surface area contributed by atoms with Crippen LogP contribution in [-0.4, -0.2) is 29.5 Å². The van der Waals surface area contributed by atoms with Crippen LogP contribution in [0.1, 0.15) is 0 Å². The molecule has 2 aromatic carbocycles. The molecule has 0 unspecified atom stereocenters. The molecule has 0 aliphatic carbocycles. The summed E-state index contributed by atoms with van der Waals surface area (Å²) >= 11 is 0. The van der Waals surface area contributed by atoms with E-state index in [-0.39, 0.29) is 0 Å². The van der Waals surface area contributed by atoms with E-state index in [0.29, 0.717) is 0 Å². The van der Waals surface area contributed by atoms with Crippen molar-refractivity contribution in [3.05, 3.63) is 106 Å². The molecule has 0 amide bonds. The second-order valence-corrected chi connectivity index (χ2v) is 6.37. The lowest BCUT2D eigenvalue weighted by Crippen LogP contribution is -2.00. The zero-order valence-corrected chi connectivity index (χ0v) is 18.3. The van der Waals surface area contributed by atoms with Crippen molar-refractivity contribution in [1.29, 1.82) is 0 Å². The lowest BCUT2D eigenvalue weighted by atomic mass is 10.1. The Morgan fingerprint density at radius 1 is 0.400 bits per heavy atom. The summed E-state index contributed by atoms with van der Waals surface area (Å²) in [6.45, 7) is 28.3. The number of benzene rings is 2. The van der Waals surface area contributed by atoms with Crippen molar-refractivity contribution in [2.24, 2.45) is 10.2 Å². The molecule has 0 aliphatic rings. The van der Waals surface area contributed by atoms with E-state index in [4.69, 9.17) is 26.3 Å². The zero-order chi connectivity index (χ0) is 30.6. The van der Waals surface area contributed by atoms with Crippen molar-refractivity contribution in [2.45, 2.75) is 0 Å². The third kappa shape index (κ3) is 4.39. The van der Waals surface area contributed by atoms with Gasteiger partial charge in [0.1, 0.15) is 0 Å². The second-order valence-electron chi connectivity index (χ2n) is 6.37. The van der Waals surface area contributed by atoms with Crippen molar-refractivity contribution in [3.63, 3.8) is 0 Å². The third-order valence-corrected chi connectivity index (χ3v) is 4.48. The molecular weight excluding hydrogens is 552 g/mol. The standard InChI is InChI=1S/C16N12O12/c1-17-5-11(23(29)30)6(18-2)14(26(35)36)9(13(5)25(33)34)21-22-10-15(27(37)38)7(19-3)12(24(31)32)8(20-4)16(10)28(39)40. The molecular formula is C16N12O12. The van der Waals surface area contributed by atoms with Gasteiger partial charge in [-0.15, -0.1) is 10.2 Å². The molecule has 0 saturated carbocycles. The maximum atomic E-state index is 11.7. The molecule has 0 atom stereocenters. The quantitative estimate of drug-likeness (QED) is 0.163. The average molecular weight is 552 g/mol. The summed E-state index contributed by atoms with van der Waals surface area (Å²) in [4.78, 5) is 70.4. The van der Waals surface area contributed by atoms with Gasteiger partial charge in [0.2, 0.25) is 11.4 Å². The molecule has 24 nitrogen and oxygen atoms in total. The van der Waals surface area contributed by atoms with E-state index in [1.54, 1.807) is 0 Å². The fourth-order valence-corrected chi connectivity index (χ4v) is 3.10. The van der Waals surface area contributed by atoms with E-state index in [9.17, 15) is 60.7 Å². The van der Waals surface area contributed by atoms with E-state index < -0.39 is 97.8 Å². The molecule has 0 aromatic heterocycles. The van der Waals surface area contributed by atoms with Gasteiger partial charge in [-0.1, -0.05) is 0 Å². The van der Waals surface area contributed by atoms with Crippen molar-refractivity contribution < 1.29 is 29.5 Å². The van der Waals surface area contributed by atoms with Gasteiger partial charge in [0.15, 0.2) is 0 Å². The molecule has 0 N–H and O–H groups in total. The van der Waals surface area contributed by atoms with Crippen molar-refractivity contribution in [1.82, 2.24) is 0 Å². The number of nitrogens with zero attached hydrogens (tertiary/aromatic N) is 12. The lowest BCUT2D eigenvalue weighted by molar-refractivity contribution is -0.399. The highest BCUT2D eigenvalue weighted by Crippen LogP contribution is 2.59. The first-order valence-corrected chi connectivity index (χ1v) is 8.97. The van der Waals surface area contributed by atoms with E-state index in [1.165, 1.54) is 0 Å². The minimum absolute atomic E-state index is 1.52. The predicted octanol–water partition coefficient (Wildman–Crippen LogP) is 5.75. The van der Waals surface area contributed by atoms with Gasteiger partial charge >= 0.3 is 56.9 Å². The topological polar surface area (TPSA) is 301 Å². The van der Waals surface area contributed by atoms with Gasteiger partial charge in [0.25, 0.3) is 0 Å². The monoisotopic (exact) mass is 552 g/mol. The molecule has 2 rings (SSSR count). The van der Waals surface area contributed by atoms with Crippen LogP contribution in [0.4, 0.5) is 68.2 Å². The largest absolute Gasteiger partial charge is 0.330 e. The highest BCUT2D eigenvalue weighted by molar-refractivity contribution is 6.01. The first-order valence-electron chi connectivity index (χ1n) is 8.97. The molecule has 0 saturated heterocycles. The Morgan fingerprint density at radius 2 is 0.575 bits per heavy atom. The summed E-state index contributed by atoms with van der Waals surface area (Å²) in [5.74, 6) is 0. The van der Waals surface area contributed by atoms with Crippen LogP contribution in [0.2, 0.25) is 0 Å². The van der Waals surface area contributed by atoms with Crippen molar-refractivity contribution in [3.8, 4) is 0 Å². The Hall–Kier alpha value is -7.60. The van der Waals surface area contributed by atoms with E-state index in [0.717, 1.165) is 0 Å². The summed E-state index contributed by atoms with van der Waals surface area (Å²) in [6, 6.07) is 0. The molecule has 40 heavy (non-hydrogen) atoms. The van der Waals surface area contributed by atoms with E-state index >= 15 is 0 Å². The maximum Gasteiger partial charge on any atom is 0.330 e. The highest BCUT2D eigenvalue weighted by Gasteiger charge is 2.46. The minimum Gasteiger partial charge on any atom is -0.261 e. The summed E-state index contributed by atoms with van der Waals surface area (Å²) < 4.78 is 0. The van der Waals surface area contributed by atoms with Crippen LogP contribution >= 0.6 is 0 Å². The lowest BCUT2D eigenvalue weighted by Gasteiger charge is -2.06. The Morgan fingerprint density at radius 3 is 0.700 bits per heavy atom. The SMILES string of the molecule is [C-]#[N+]c1c([N+](=O)[O-])c(N=Nc2c([N+](=O)[O-])c([N+]#[C-])c([N+](=O)[O-])c([N+]#[C-])c2[N+](=O)[O-])c([N+](=O)[O-])c([N+]#[C-])c1[N+](=O)[O-]. The van der Waals surface area contributed by atoms with Crippen LogP contribution in [0, 0.1) is 87.0 Å². The number of rotatable bonds is 8. The van der Waals surface area contributed by atoms with Crippen molar-refractivity contribution in [2.75, 3.05) is 0 Å². The average Bonchev–Trinajstić information content (AvgIpc) is 2.87. The van der Waals surface area contributed by atoms with Gasteiger partial charge in [-0.05, 0) is 0 Å². The van der Waals surface area contributed by atoms with Gasteiger partial charge in [-0.3, -0.25) is 60.7 Å². The number of hydrogen-bond donors (Lipinski definition) is 0. The number of nitro groups is 6. The molecule has 0 aliphatic heterocycles. The molecule has 0 fully saturated rings. The van der Waals surface area contributed by atoms with Gasteiger partial charge in [-0.25, -0.2) is 19.4 Å². The first kappa shape index (κ1) is 28.6. The number of hydrogen-bond acceptors (Lipinski definition) is 14. The summed E-state index contributed by atoms with van der Waals surface area (Å²) in [5, 5.41) is 75.6.